The molecule has 0 aliphatic heterocycles. The van der Waals surface area contributed by atoms with Crippen LogP contribution in [-0.2, 0) is 0 Å². The number of hydrogen-bond acceptors (Lipinski definition) is 4. The molecule has 0 aliphatic carbocycles. The maximum absolute atomic E-state index is 10.8. The Labute approximate surface area is 83.9 Å². The molecule has 0 saturated heterocycles. The summed E-state index contributed by atoms with van der Waals surface area (Å²) in [5, 5.41) is 12.2. The van der Waals surface area contributed by atoms with Crippen LogP contribution in [0.3, 0.4) is 0 Å². The Balaban J connectivity index is 2.52. The highest BCUT2D eigenvalue weighted by Crippen LogP contribution is 2.23. The van der Waals surface area contributed by atoms with Crippen LogP contribution in [0, 0.1) is 0 Å². The minimum absolute atomic E-state index is 0.251. The van der Waals surface area contributed by atoms with Crippen LogP contribution < -0.4 is 0 Å². The molecular weight excluding hydrogens is 200 g/mol. The van der Waals surface area contributed by atoms with Crippen LogP contribution in [0.1, 0.15) is 10.4 Å². The van der Waals surface area contributed by atoms with Crippen molar-refractivity contribution in [3.63, 3.8) is 0 Å². The average Bonchev–Trinajstić information content (AvgIpc) is 2.67. The number of carboxylic acids is 1. The first kappa shape index (κ1) is 8.83. The Morgan fingerprint density at radius 3 is 2.64 bits per heavy atom. The molecule has 2 aromatic rings. The summed E-state index contributed by atoms with van der Waals surface area (Å²) in [6, 6.07) is 1.69. The summed E-state index contributed by atoms with van der Waals surface area (Å²) in [6.45, 7) is 0. The van der Waals surface area contributed by atoms with Gasteiger partial charge in [-0.3, -0.25) is 0 Å². The number of hydrogen-bond donors (Lipinski definition) is 1. The minimum atomic E-state index is -0.950. The first-order valence-electron chi connectivity index (χ1n) is 3.86. The molecule has 0 unspecified atom stereocenters. The summed E-state index contributed by atoms with van der Waals surface area (Å²) in [6.07, 6.45) is 3.18. The van der Waals surface area contributed by atoms with Gasteiger partial charge in [0, 0.05) is 28.7 Å². The van der Waals surface area contributed by atoms with Gasteiger partial charge in [-0.1, -0.05) is 0 Å². The van der Waals surface area contributed by atoms with Gasteiger partial charge >= 0.3 is 5.97 Å². The second-order valence-corrected chi connectivity index (χ2v) is 3.32. The van der Waals surface area contributed by atoms with Gasteiger partial charge in [0.25, 0.3) is 0 Å². The molecule has 0 spiro atoms. The monoisotopic (exact) mass is 206 g/mol. The molecule has 0 radical (unpaired) electrons. The van der Waals surface area contributed by atoms with Gasteiger partial charge in [0.15, 0.2) is 5.82 Å². The van der Waals surface area contributed by atoms with E-state index in [-0.39, 0.29) is 5.56 Å². The smallest absolute Gasteiger partial charge is 0.337 e. The molecule has 5 heteroatoms. The van der Waals surface area contributed by atoms with E-state index >= 15 is 0 Å². The lowest BCUT2D eigenvalue weighted by Crippen LogP contribution is -1.97. The maximum atomic E-state index is 10.8. The summed E-state index contributed by atoms with van der Waals surface area (Å²) in [7, 11) is 0. The Hall–Kier alpha value is -1.75. The summed E-state index contributed by atoms with van der Waals surface area (Å²) >= 11 is 1.33. The van der Waals surface area contributed by atoms with E-state index in [1.165, 1.54) is 11.3 Å². The fraction of sp³-hybridized carbons (Fsp3) is 0. The number of nitrogens with zero attached hydrogens (tertiary/aromatic N) is 2. The maximum Gasteiger partial charge on any atom is 0.337 e. The van der Waals surface area contributed by atoms with Gasteiger partial charge in [0.05, 0.1) is 5.56 Å². The zero-order valence-corrected chi connectivity index (χ0v) is 7.86. The van der Waals surface area contributed by atoms with Gasteiger partial charge in [0.2, 0.25) is 0 Å². The SMILES string of the molecule is O=C(O)c1cscc1-c1ncccn1. The van der Waals surface area contributed by atoms with E-state index in [0.29, 0.717) is 11.4 Å². The van der Waals surface area contributed by atoms with E-state index in [1.807, 2.05) is 0 Å². The predicted octanol–water partition coefficient (Wildman–Crippen LogP) is 1.90. The van der Waals surface area contributed by atoms with Crippen LogP contribution in [0.25, 0.3) is 11.4 Å². The molecule has 4 nitrogen and oxygen atoms in total. The Kier molecular flexibility index (Phi) is 2.24. The quantitative estimate of drug-likeness (QED) is 0.815. The third-order valence-corrected chi connectivity index (χ3v) is 2.44. The van der Waals surface area contributed by atoms with E-state index in [4.69, 9.17) is 5.11 Å². The van der Waals surface area contributed by atoms with Crippen molar-refractivity contribution in [2.75, 3.05) is 0 Å². The highest BCUT2D eigenvalue weighted by Gasteiger charge is 2.13. The number of aromatic nitrogens is 2. The predicted molar refractivity (Wildman–Crippen MR) is 52.3 cm³/mol. The molecule has 1 N–H and O–H groups in total. The van der Waals surface area contributed by atoms with Crippen LogP contribution in [-0.4, -0.2) is 21.0 Å². The Bertz CT molecular complexity index is 453. The largest absolute Gasteiger partial charge is 0.478 e. The van der Waals surface area contributed by atoms with Gasteiger partial charge in [-0.05, 0) is 6.07 Å². The number of carboxylic acid groups (broad SMARTS) is 1. The molecule has 14 heavy (non-hydrogen) atoms. The van der Waals surface area contributed by atoms with Crippen molar-refractivity contribution in [2.24, 2.45) is 0 Å². The molecule has 70 valence electrons. The molecule has 2 aromatic heterocycles. The van der Waals surface area contributed by atoms with Gasteiger partial charge in [0.1, 0.15) is 0 Å². The molecule has 0 fully saturated rings. The summed E-state index contributed by atoms with van der Waals surface area (Å²) < 4.78 is 0. The second kappa shape index (κ2) is 3.55. The molecule has 0 saturated carbocycles. The van der Waals surface area contributed by atoms with Crippen molar-refractivity contribution in [3.05, 3.63) is 34.8 Å². The van der Waals surface area contributed by atoms with E-state index in [9.17, 15) is 4.79 Å². The summed E-state index contributed by atoms with van der Waals surface area (Å²) in [5.41, 5.74) is 0.823. The van der Waals surface area contributed by atoms with E-state index in [0.717, 1.165) is 0 Å². The third kappa shape index (κ3) is 1.49. The van der Waals surface area contributed by atoms with Crippen LogP contribution in [0.2, 0.25) is 0 Å². The van der Waals surface area contributed by atoms with Gasteiger partial charge < -0.3 is 5.11 Å². The van der Waals surface area contributed by atoms with Gasteiger partial charge in [-0.2, -0.15) is 11.3 Å². The Morgan fingerprint density at radius 1 is 1.29 bits per heavy atom. The molecule has 0 bridgehead atoms. The fourth-order valence-corrected chi connectivity index (χ4v) is 1.87. The summed E-state index contributed by atoms with van der Waals surface area (Å²) in [4.78, 5) is 18.8. The first-order chi connectivity index (χ1) is 6.79. The van der Waals surface area contributed by atoms with E-state index in [1.54, 1.807) is 29.2 Å². The van der Waals surface area contributed by atoms with Crippen molar-refractivity contribution < 1.29 is 9.90 Å². The van der Waals surface area contributed by atoms with Crippen LogP contribution in [0.4, 0.5) is 0 Å². The molecule has 2 heterocycles. The van der Waals surface area contributed by atoms with Gasteiger partial charge in [-0.15, -0.1) is 0 Å². The number of thiophene rings is 1. The highest BCUT2D eigenvalue weighted by molar-refractivity contribution is 7.08. The number of rotatable bonds is 2. The molecule has 0 aromatic carbocycles. The lowest BCUT2D eigenvalue weighted by molar-refractivity contribution is 0.0698. The lowest BCUT2D eigenvalue weighted by Gasteiger charge is -1.96. The summed E-state index contributed by atoms with van der Waals surface area (Å²) in [5.74, 6) is -0.500. The van der Waals surface area contributed by atoms with E-state index in [2.05, 4.69) is 9.97 Å². The van der Waals surface area contributed by atoms with E-state index < -0.39 is 5.97 Å². The number of aromatic carboxylic acids is 1. The fourth-order valence-electron chi connectivity index (χ4n) is 1.07. The second-order valence-electron chi connectivity index (χ2n) is 2.58. The first-order valence-corrected chi connectivity index (χ1v) is 4.80. The zero-order chi connectivity index (χ0) is 9.97. The molecule has 0 aliphatic rings. The average molecular weight is 206 g/mol. The lowest BCUT2D eigenvalue weighted by atomic mass is 10.2. The van der Waals surface area contributed by atoms with Crippen molar-refractivity contribution >= 4 is 17.3 Å². The van der Waals surface area contributed by atoms with Crippen molar-refractivity contribution in [1.29, 1.82) is 0 Å². The van der Waals surface area contributed by atoms with Crippen LogP contribution in [0.5, 0.6) is 0 Å². The third-order valence-electron chi connectivity index (χ3n) is 1.70. The van der Waals surface area contributed by atoms with Crippen molar-refractivity contribution in [2.45, 2.75) is 0 Å². The van der Waals surface area contributed by atoms with Crippen LogP contribution in [0.15, 0.2) is 29.2 Å². The standard InChI is InChI=1S/C9H6N2O2S/c12-9(13)7-5-14-4-6(7)8-10-2-1-3-11-8/h1-5H,(H,12,13). The van der Waals surface area contributed by atoms with Gasteiger partial charge in [-0.25, -0.2) is 14.8 Å². The van der Waals surface area contributed by atoms with Crippen LogP contribution >= 0.6 is 11.3 Å². The topological polar surface area (TPSA) is 63.1 Å². The minimum Gasteiger partial charge on any atom is -0.478 e. The molecule has 0 atom stereocenters. The molecular formula is C9H6N2O2S. The number of carbonyl (C=O) groups is 1. The molecule has 2 rings (SSSR count). The normalized spacial score (nSPS) is 10.0. The highest BCUT2D eigenvalue weighted by atomic mass is 32.1. The van der Waals surface area contributed by atoms with Crippen molar-refractivity contribution in [3.8, 4) is 11.4 Å². The zero-order valence-electron chi connectivity index (χ0n) is 7.04. The Morgan fingerprint density at radius 2 is 2.00 bits per heavy atom. The van der Waals surface area contributed by atoms with Crippen molar-refractivity contribution in [1.82, 2.24) is 9.97 Å². The molecule has 0 amide bonds.